The van der Waals surface area contributed by atoms with E-state index in [1.807, 2.05) is 6.92 Å². The van der Waals surface area contributed by atoms with Crippen molar-refractivity contribution in [1.29, 1.82) is 0 Å². The Morgan fingerprint density at radius 2 is 1.79 bits per heavy atom. The third-order valence-electron chi connectivity index (χ3n) is 2.84. The molecule has 0 amide bonds. The zero-order chi connectivity index (χ0) is 14.5. The molecule has 2 atom stereocenters. The van der Waals surface area contributed by atoms with E-state index in [0.29, 0.717) is 18.7 Å². The summed E-state index contributed by atoms with van der Waals surface area (Å²) in [5.41, 5.74) is 0.663. The highest BCUT2D eigenvalue weighted by Crippen LogP contribution is 2.16. The van der Waals surface area contributed by atoms with Gasteiger partial charge in [-0.25, -0.2) is 8.42 Å². The maximum absolute atomic E-state index is 11.3. The molecule has 0 saturated carbocycles. The molecule has 0 radical (unpaired) electrons. The van der Waals surface area contributed by atoms with Gasteiger partial charge in [0.05, 0.1) is 11.0 Å². The Kier molecular flexibility index (Phi) is 5.93. The lowest BCUT2D eigenvalue weighted by molar-refractivity contribution is 0.168. The molecule has 0 aliphatic rings. The standard InChI is InChI=1S/C13H21NO4S/c1-10(9-15)7-14-8-13(16)11-3-5-12(6-4-11)19(2,17)18/h3-6,10,13-16H,7-9H2,1-2H3. The number of sulfone groups is 1. The van der Waals surface area contributed by atoms with Crippen LogP contribution in [0.2, 0.25) is 0 Å². The summed E-state index contributed by atoms with van der Waals surface area (Å²) in [5.74, 6) is 0.139. The minimum Gasteiger partial charge on any atom is -0.396 e. The van der Waals surface area contributed by atoms with Crippen LogP contribution in [-0.2, 0) is 9.84 Å². The average molecular weight is 287 g/mol. The summed E-state index contributed by atoms with van der Waals surface area (Å²) in [6.07, 6.45) is 0.454. The van der Waals surface area contributed by atoms with Crippen molar-refractivity contribution in [3.05, 3.63) is 29.8 Å². The Morgan fingerprint density at radius 3 is 2.26 bits per heavy atom. The SMILES string of the molecule is CC(CO)CNCC(O)c1ccc(S(C)(=O)=O)cc1. The topological polar surface area (TPSA) is 86.6 Å². The number of nitrogens with one attached hydrogen (secondary N) is 1. The van der Waals surface area contributed by atoms with Crippen molar-refractivity contribution >= 4 is 9.84 Å². The molecule has 0 fully saturated rings. The van der Waals surface area contributed by atoms with Crippen molar-refractivity contribution in [1.82, 2.24) is 5.32 Å². The molecule has 108 valence electrons. The first-order valence-corrected chi connectivity index (χ1v) is 8.03. The van der Waals surface area contributed by atoms with E-state index < -0.39 is 15.9 Å². The first kappa shape index (κ1) is 16.1. The lowest BCUT2D eigenvalue weighted by atomic mass is 10.1. The van der Waals surface area contributed by atoms with Crippen LogP contribution >= 0.6 is 0 Å². The van der Waals surface area contributed by atoms with Gasteiger partial charge in [0.15, 0.2) is 9.84 Å². The molecule has 0 saturated heterocycles. The zero-order valence-corrected chi connectivity index (χ0v) is 12.0. The van der Waals surface area contributed by atoms with Crippen molar-refractivity contribution in [2.45, 2.75) is 17.9 Å². The summed E-state index contributed by atoms with van der Waals surface area (Å²) < 4.78 is 22.6. The molecule has 3 N–H and O–H groups in total. The fourth-order valence-corrected chi connectivity index (χ4v) is 2.22. The van der Waals surface area contributed by atoms with Gasteiger partial charge >= 0.3 is 0 Å². The highest BCUT2D eigenvalue weighted by atomic mass is 32.2. The highest BCUT2D eigenvalue weighted by molar-refractivity contribution is 7.90. The smallest absolute Gasteiger partial charge is 0.175 e. The second-order valence-electron chi connectivity index (χ2n) is 4.80. The van der Waals surface area contributed by atoms with Gasteiger partial charge in [0.2, 0.25) is 0 Å². The van der Waals surface area contributed by atoms with Crippen LogP contribution in [0.4, 0.5) is 0 Å². The molecule has 0 aliphatic carbocycles. The molecule has 0 bridgehead atoms. The van der Waals surface area contributed by atoms with E-state index in [0.717, 1.165) is 6.26 Å². The molecule has 0 aliphatic heterocycles. The lowest BCUT2D eigenvalue weighted by Gasteiger charge is -2.14. The minimum atomic E-state index is -3.20. The van der Waals surface area contributed by atoms with E-state index in [2.05, 4.69) is 5.32 Å². The van der Waals surface area contributed by atoms with E-state index >= 15 is 0 Å². The van der Waals surface area contributed by atoms with Crippen LogP contribution in [0.3, 0.4) is 0 Å². The molecule has 6 heteroatoms. The molecule has 5 nitrogen and oxygen atoms in total. The van der Waals surface area contributed by atoms with Crippen molar-refractivity contribution < 1.29 is 18.6 Å². The van der Waals surface area contributed by atoms with Gasteiger partial charge in [-0.3, -0.25) is 0 Å². The molecule has 19 heavy (non-hydrogen) atoms. The van der Waals surface area contributed by atoms with Crippen LogP contribution in [0.25, 0.3) is 0 Å². The zero-order valence-electron chi connectivity index (χ0n) is 11.2. The number of hydrogen-bond acceptors (Lipinski definition) is 5. The Balaban J connectivity index is 2.56. The van der Waals surface area contributed by atoms with Gasteiger partial charge in [-0.2, -0.15) is 0 Å². The van der Waals surface area contributed by atoms with Crippen LogP contribution in [-0.4, -0.2) is 44.6 Å². The number of hydrogen-bond donors (Lipinski definition) is 3. The summed E-state index contributed by atoms with van der Waals surface area (Å²) in [4.78, 5) is 0.241. The van der Waals surface area contributed by atoms with Crippen LogP contribution in [0.15, 0.2) is 29.2 Å². The third-order valence-corrected chi connectivity index (χ3v) is 3.96. The van der Waals surface area contributed by atoms with Crippen LogP contribution in [0.5, 0.6) is 0 Å². The second kappa shape index (κ2) is 7.00. The van der Waals surface area contributed by atoms with Crippen molar-refractivity contribution in [2.24, 2.45) is 5.92 Å². The Labute approximate surface area is 114 Å². The predicted molar refractivity (Wildman–Crippen MR) is 73.6 cm³/mol. The van der Waals surface area contributed by atoms with E-state index in [-0.39, 0.29) is 17.4 Å². The number of benzene rings is 1. The Morgan fingerprint density at radius 1 is 1.21 bits per heavy atom. The molecule has 2 unspecified atom stereocenters. The summed E-state index contributed by atoms with van der Waals surface area (Å²) in [6, 6.07) is 6.20. The van der Waals surface area contributed by atoms with E-state index in [4.69, 9.17) is 5.11 Å². The maximum Gasteiger partial charge on any atom is 0.175 e. The molecule has 0 spiro atoms. The summed E-state index contributed by atoms with van der Waals surface area (Å²) in [7, 11) is -3.20. The maximum atomic E-state index is 11.3. The van der Waals surface area contributed by atoms with Gasteiger partial charge in [0.1, 0.15) is 0 Å². The molecule has 1 rings (SSSR count). The Bertz CT molecular complexity index is 484. The summed E-state index contributed by atoms with van der Waals surface area (Å²) >= 11 is 0. The number of aliphatic hydroxyl groups excluding tert-OH is 2. The number of rotatable bonds is 7. The fraction of sp³-hybridized carbons (Fsp3) is 0.538. The first-order chi connectivity index (χ1) is 8.84. The van der Waals surface area contributed by atoms with Gasteiger partial charge in [0, 0.05) is 19.4 Å². The third kappa shape index (κ3) is 5.28. The lowest BCUT2D eigenvalue weighted by Crippen LogP contribution is -2.27. The van der Waals surface area contributed by atoms with Gasteiger partial charge in [-0.15, -0.1) is 0 Å². The monoisotopic (exact) mass is 287 g/mol. The molecule has 1 aromatic rings. The normalized spacial score (nSPS) is 15.2. The molecular formula is C13H21NO4S. The highest BCUT2D eigenvalue weighted by Gasteiger charge is 2.11. The average Bonchev–Trinajstić information content (AvgIpc) is 2.37. The van der Waals surface area contributed by atoms with Crippen LogP contribution in [0.1, 0.15) is 18.6 Å². The summed E-state index contributed by atoms with van der Waals surface area (Å²) in [5, 5.41) is 21.8. The molecule has 0 heterocycles. The fourth-order valence-electron chi connectivity index (χ4n) is 1.59. The van der Waals surface area contributed by atoms with Crippen LogP contribution < -0.4 is 5.32 Å². The van der Waals surface area contributed by atoms with Gasteiger partial charge in [0.25, 0.3) is 0 Å². The first-order valence-electron chi connectivity index (χ1n) is 6.14. The largest absolute Gasteiger partial charge is 0.396 e. The van der Waals surface area contributed by atoms with Crippen molar-refractivity contribution in [3.8, 4) is 0 Å². The van der Waals surface area contributed by atoms with E-state index in [1.165, 1.54) is 12.1 Å². The second-order valence-corrected chi connectivity index (χ2v) is 6.82. The van der Waals surface area contributed by atoms with Crippen molar-refractivity contribution in [2.75, 3.05) is 26.0 Å². The summed E-state index contributed by atoms with van der Waals surface area (Å²) in [6.45, 7) is 2.99. The quantitative estimate of drug-likeness (QED) is 0.673. The minimum absolute atomic E-state index is 0.103. The Hall–Kier alpha value is -0.950. The predicted octanol–water partition coefficient (Wildman–Crippen LogP) is 0.341. The molecule has 0 aromatic heterocycles. The van der Waals surface area contributed by atoms with Gasteiger partial charge in [-0.1, -0.05) is 19.1 Å². The number of aliphatic hydroxyl groups is 2. The van der Waals surface area contributed by atoms with E-state index in [9.17, 15) is 13.5 Å². The van der Waals surface area contributed by atoms with E-state index in [1.54, 1.807) is 12.1 Å². The van der Waals surface area contributed by atoms with Gasteiger partial charge in [-0.05, 0) is 30.2 Å². The van der Waals surface area contributed by atoms with Crippen LogP contribution in [0, 0.1) is 5.92 Å². The molecular weight excluding hydrogens is 266 g/mol. The van der Waals surface area contributed by atoms with Crippen molar-refractivity contribution in [3.63, 3.8) is 0 Å². The molecule has 1 aromatic carbocycles. The van der Waals surface area contributed by atoms with Gasteiger partial charge < -0.3 is 15.5 Å².